The van der Waals surface area contributed by atoms with E-state index in [4.69, 9.17) is 5.11 Å². The second-order valence-corrected chi connectivity index (χ2v) is 6.77. The minimum Gasteiger partial charge on any atom is -0.481 e. The molecule has 1 fully saturated rings. The number of carboxylic acids is 1. The SMILES string of the molecule is CCn1c(=O)n(CC(=O)N2CCCCC2CCC(=O)O)c2ccccc21. The predicted octanol–water partition coefficient (Wildman–Crippen LogP) is 2.07. The van der Waals surface area contributed by atoms with Gasteiger partial charge < -0.3 is 10.0 Å². The second kappa shape index (κ2) is 7.76. The van der Waals surface area contributed by atoms with Crippen molar-refractivity contribution in [3.05, 3.63) is 34.7 Å². The molecule has 1 N–H and O–H groups in total. The van der Waals surface area contributed by atoms with Crippen LogP contribution in [-0.4, -0.2) is 43.6 Å². The molecule has 1 atom stereocenters. The van der Waals surface area contributed by atoms with E-state index in [0.29, 0.717) is 19.5 Å². The van der Waals surface area contributed by atoms with Crippen LogP contribution in [0.25, 0.3) is 11.0 Å². The summed E-state index contributed by atoms with van der Waals surface area (Å²) in [6.07, 6.45) is 3.27. The lowest BCUT2D eigenvalue weighted by molar-refractivity contribution is -0.140. The first-order chi connectivity index (χ1) is 12.5. The first-order valence-corrected chi connectivity index (χ1v) is 9.22. The number of aromatic nitrogens is 2. The number of carbonyl (C=O) groups is 2. The summed E-state index contributed by atoms with van der Waals surface area (Å²) >= 11 is 0. The molecule has 3 rings (SSSR count). The van der Waals surface area contributed by atoms with Crippen LogP contribution in [0.15, 0.2) is 29.1 Å². The van der Waals surface area contributed by atoms with Crippen LogP contribution in [0.5, 0.6) is 0 Å². The number of rotatable bonds is 6. The van der Waals surface area contributed by atoms with Crippen molar-refractivity contribution < 1.29 is 14.7 Å². The number of imidazole rings is 1. The third-order valence-corrected chi connectivity index (χ3v) is 5.17. The van der Waals surface area contributed by atoms with Gasteiger partial charge in [0, 0.05) is 25.6 Å². The Bertz CT molecular complexity index is 867. The smallest absolute Gasteiger partial charge is 0.329 e. The molecular weight excluding hydrogens is 334 g/mol. The van der Waals surface area contributed by atoms with Crippen molar-refractivity contribution in [1.29, 1.82) is 0 Å². The summed E-state index contributed by atoms with van der Waals surface area (Å²) in [7, 11) is 0. The Labute approximate surface area is 151 Å². The highest BCUT2D eigenvalue weighted by molar-refractivity contribution is 5.81. The van der Waals surface area contributed by atoms with Gasteiger partial charge in [0.25, 0.3) is 0 Å². The summed E-state index contributed by atoms with van der Waals surface area (Å²) in [5.74, 6) is -0.952. The molecule has 26 heavy (non-hydrogen) atoms. The summed E-state index contributed by atoms with van der Waals surface area (Å²) in [5.41, 5.74) is 1.40. The van der Waals surface area contributed by atoms with E-state index < -0.39 is 5.97 Å². The zero-order valence-electron chi connectivity index (χ0n) is 15.1. The molecule has 1 aromatic carbocycles. The molecule has 0 spiro atoms. The number of nitrogens with zero attached hydrogens (tertiary/aromatic N) is 3. The molecule has 1 amide bonds. The molecule has 0 aliphatic carbocycles. The maximum Gasteiger partial charge on any atom is 0.329 e. The van der Waals surface area contributed by atoms with Gasteiger partial charge in [0.2, 0.25) is 5.91 Å². The highest BCUT2D eigenvalue weighted by Gasteiger charge is 2.28. The van der Waals surface area contributed by atoms with Gasteiger partial charge in [-0.1, -0.05) is 12.1 Å². The number of carbonyl (C=O) groups excluding carboxylic acids is 1. The van der Waals surface area contributed by atoms with Crippen molar-refractivity contribution in [3.8, 4) is 0 Å². The molecule has 1 aromatic heterocycles. The Balaban J connectivity index is 1.85. The molecule has 1 aliphatic rings. The number of hydrogen-bond donors (Lipinski definition) is 1. The molecular formula is C19H25N3O4. The van der Waals surface area contributed by atoms with Crippen molar-refractivity contribution in [3.63, 3.8) is 0 Å². The van der Waals surface area contributed by atoms with E-state index in [2.05, 4.69) is 0 Å². The number of benzene rings is 1. The third kappa shape index (κ3) is 3.52. The Kier molecular flexibility index (Phi) is 5.44. The van der Waals surface area contributed by atoms with E-state index in [9.17, 15) is 14.4 Å². The molecule has 140 valence electrons. The van der Waals surface area contributed by atoms with Gasteiger partial charge in [-0.2, -0.15) is 0 Å². The first kappa shape index (κ1) is 18.2. The van der Waals surface area contributed by atoms with E-state index in [1.54, 1.807) is 9.47 Å². The number of hydrogen-bond acceptors (Lipinski definition) is 3. The summed E-state index contributed by atoms with van der Waals surface area (Å²) in [6.45, 7) is 3.08. The predicted molar refractivity (Wildman–Crippen MR) is 98.1 cm³/mol. The minimum absolute atomic E-state index is 0.00405. The highest BCUT2D eigenvalue weighted by atomic mass is 16.4. The molecule has 7 nitrogen and oxygen atoms in total. The lowest BCUT2D eigenvalue weighted by atomic mass is 9.98. The fourth-order valence-corrected chi connectivity index (χ4v) is 3.88. The van der Waals surface area contributed by atoms with Crippen LogP contribution in [0, 0.1) is 0 Å². The quantitative estimate of drug-likeness (QED) is 0.856. The number of para-hydroxylation sites is 2. The zero-order valence-corrected chi connectivity index (χ0v) is 15.1. The van der Waals surface area contributed by atoms with E-state index in [1.165, 1.54) is 4.57 Å². The van der Waals surface area contributed by atoms with Gasteiger partial charge in [-0.3, -0.25) is 18.7 Å². The molecule has 2 aromatic rings. The van der Waals surface area contributed by atoms with Gasteiger partial charge in [-0.15, -0.1) is 0 Å². The maximum atomic E-state index is 12.9. The van der Waals surface area contributed by atoms with Crippen LogP contribution < -0.4 is 5.69 Å². The van der Waals surface area contributed by atoms with Crippen molar-refractivity contribution in [2.75, 3.05) is 6.54 Å². The average molecular weight is 359 g/mol. The number of amides is 1. The van der Waals surface area contributed by atoms with Crippen LogP contribution in [0.1, 0.15) is 39.0 Å². The standard InChI is InChI=1S/C19H25N3O4/c1-2-20-15-8-3-4-9-16(15)22(19(20)26)13-17(23)21-12-6-5-7-14(21)10-11-18(24)25/h3-4,8-9,14H,2,5-7,10-13H2,1H3,(H,24,25). The fourth-order valence-electron chi connectivity index (χ4n) is 3.88. The average Bonchev–Trinajstić information content (AvgIpc) is 2.91. The van der Waals surface area contributed by atoms with E-state index >= 15 is 0 Å². The van der Waals surface area contributed by atoms with Crippen molar-refractivity contribution in [1.82, 2.24) is 14.0 Å². The van der Waals surface area contributed by atoms with Gasteiger partial charge in [0.05, 0.1) is 11.0 Å². The van der Waals surface area contributed by atoms with E-state index in [-0.39, 0.29) is 30.6 Å². The van der Waals surface area contributed by atoms with E-state index in [1.807, 2.05) is 31.2 Å². The monoisotopic (exact) mass is 359 g/mol. The molecule has 1 aliphatic heterocycles. The highest BCUT2D eigenvalue weighted by Crippen LogP contribution is 2.22. The van der Waals surface area contributed by atoms with Crippen LogP contribution in [0.3, 0.4) is 0 Å². The molecule has 1 unspecified atom stereocenters. The normalized spacial score (nSPS) is 17.6. The molecule has 0 saturated carbocycles. The molecule has 0 bridgehead atoms. The second-order valence-electron chi connectivity index (χ2n) is 6.77. The summed E-state index contributed by atoms with van der Waals surface area (Å²) in [4.78, 5) is 38.3. The molecule has 0 radical (unpaired) electrons. The van der Waals surface area contributed by atoms with Gasteiger partial charge >= 0.3 is 11.7 Å². The summed E-state index contributed by atoms with van der Waals surface area (Å²) in [6, 6.07) is 7.43. The number of likely N-dealkylation sites (tertiary alicyclic amines) is 1. The fraction of sp³-hybridized carbons (Fsp3) is 0.526. The topological polar surface area (TPSA) is 84.5 Å². The van der Waals surface area contributed by atoms with Crippen LogP contribution in [0.4, 0.5) is 0 Å². The molecule has 2 heterocycles. The number of carboxylic acid groups (broad SMARTS) is 1. The Morgan fingerprint density at radius 1 is 1.15 bits per heavy atom. The van der Waals surface area contributed by atoms with Crippen LogP contribution >= 0.6 is 0 Å². The van der Waals surface area contributed by atoms with Crippen LogP contribution in [0.2, 0.25) is 0 Å². The van der Waals surface area contributed by atoms with Gasteiger partial charge in [0.1, 0.15) is 6.54 Å². The lowest BCUT2D eigenvalue weighted by Gasteiger charge is -2.35. The van der Waals surface area contributed by atoms with Crippen LogP contribution in [-0.2, 0) is 22.7 Å². The van der Waals surface area contributed by atoms with Crippen molar-refractivity contribution in [2.45, 2.75) is 58.2 Å². The maximum absolute atomic E-state index is 12.9. The molecule has 7 heteroatoms. The van der Waals surface area contributed by atoms with Gasteiger partial charge in [-0.05, 0) is 44.7 Å². The first-order valence-electron chi connectivity index (χ1n) is 9.22. The Morgan fingerprint density at radius 2 is 1.85 bits per heavy atom. The number of aryl methyl sites for hydroxylation is 1. The zero-order chi connectivity index (χ0) is 18.7. The van der Waals surface area contributed by atoms with Crippen molar-refractivity contribution >= 4 is 22.9 Å². The summed E-state index contributed by atoms with van der Waals surface area (Å²) in [5, 5.41) is 8.94. The Morgan fingerprint density at radius 3 is 2.50 bits per heavy atom. The largest absolute Gasteiger partial charge is 0.481 e. The van der Waals surface area contributed by atoms with E-state index in [0.717, 1.165) is 30.3 Å². The molecule has 1 saturated heterocycles. The van der Waals surface area contributed by atoms with Gasteiger partial charge in [-0.25, -0.2) is 4.79 Å². The number of fused-ring (bicyclic) bond motifs is 1. The van der Waals surface area contributed by atoms with Gasteiger partial charge in [0.15, 0.2) is 0 Å². The summed E-state index contributed by atoms with van der Waals surface area (Å²) < 4.78 is 3.20. The number of aliphatic carboxylic acids is 1. The van der Waals surface area contributed by atoms with Crippen molar-refractivity contribution in [2.24, 2.45) is 0 Å². The lowest BCUT2D eigenvalue weighted by Crippen LogP contribution is -2.46. The minimum atomic E-state index is -0.842. The Hall–Kier alpha value is -2.57. The third-order valence-electron chi connectivity index (χ3n) is 5.17. The number of piperidine rings is 1.